The smallest absolute Gasteiger partial charge is 0.475 e. The summed E-state index contributed by atoms with van der Waals surface area (Å²) in [7, 11) is 0. The largest absolute Gasteiger partial charge is 0.490 e. The molecule has 0 bridgehead atoms. The van der Waals surface area contributed by atoms with Crippen LogP contribution in [0.3, 0.4) is 0 Å². The molecule has 3 N–H and O–H groups in total. The van der Waals surface area contributed by atoms with Crippen LogP contribution in [-0.4, -0.2) is 27.2 Å². The second kappa shape index (κ2) is 6.50. The second-order valence-electron chi connectivity index (χ2n) is 3.47. The Balaban J connectivity index is 0.000000246. The highest BCUT2D eigenvalue weighted by Gasteiger charge is 2.38. The lowest BCUT2D eigenvalue weighted by molar-refractivity contribution is -0.192. The van der Waals surface area contributed by atoms with Crippen molar-refractivity contribution in [2.45, 2.75) is 6.18 Å². The summed E-state index contributed by atoms with van der Waals surface area (Å²) in [4.78, 5) is 16.8. The standard InChI is InChI=1S/C10H9N3.C2HF3O2/c11-10-12-7-6-9(13-10)8-4-2-1-3-5-8;3-2(4,5)1(6)7/h1-7H,(H2,11,12,13);(H,6,7). The molecule has 0 spiro atoms. The second-order valence-corrected chi connectivity index (χ2v) is 3.47. The molecule has 8 heteroatoms. The summed E-state index contributed by atoms with van der Waals surface area (Å²) in [5, 5.41) is 7.12. The molecule has 0 aliphatic rings. The Morgan fingerprint density at radius 3 is 2.15 bits per heavy atom. The van der Waals surface area contributed by atoms with Crippen molar-refractivity contribution in [1.29, 1.82) is 0 Å². The Labute approximate surface area is 111 Å². The number of carboxylic acid groups (broad SMARTS) is 1. The maximum absolute atomic E-state index is 10.6. The topological polar surface area (TPSA) is 89.1 Å². The van der Waals surface area contributed by atoms with Crippen LogP contribution >= 0.6 is 0 Å². The van der Waals surface area contributed by atoms with Crippen molar-refractivity contribution >= 4 is 11.9 Å². The number of nitrogens with two attached hydrogens (primary N) is 1. The van der Waals surface area contributed by atoms with E-state index in [1.54, 1.807) is 6.20 Å². The van der Waals surface area contributed by atoms with Crippen molar-refractivity contribution in [3.05, 3.63) is 42.6 Å². The molecular weight excluding hydrogens is 275 g/mol. The van der Waals surface area contributed by atoms with Gasteiger partial charge in [0.05, 0.1) is 5.69 Å². The molecule has 2 rings (SSSR count). The number of hydrogen-bond acceptors (Lipinski definition) is 4. The molecule has 1 aromatic heterocycles. The lowest BCUT2D eigenvalue weighted by Gasteiger charge is -1.99. The first-order valence-corrected chi connectivity index (χ1v) is 5.25. The van der Waals surface area contributed by atoms with Crippen molar-refractivity contribution < 1.29 is 23.1 Å². The number of rotatable bonds is 1. The number of aliphatic carboxylic acids is 1. The molecule has 1 heterocycles. The Kier molecular flexibility index (Phi) is 5.01. The number of carboxylic acids is 1. The van der Waals surface area contributed by atoms with Gasteiger partial charge in [-0.2, -0.15) is 13.2 Å². The van der Waals surface area contributed by atoms with E-state index in [-0.39, 0.29) is 0 Å². The van der Waals surface area contributed by atoms with Crippen LogP contribution in [-0.2, 0) is 4.79 Å². The van der Waals surface area contributed by atoms with Gasteiger partial charge in [0.2, 0.25) is 5.95 Å². The molecule has 0 atom stereocenters. The SMILES string of the molecule is Nc1nccc(-c2ccccc2)n1.O=C(O)C(F)(F)F. The number of alkyl halides is 3. The summed E-state index contributed by atoms with van der Waals surface area (Å²) in [6, 6.07) is 11.7. The zero-order chi connectivity index (χ0) is 15.2. The third-order valence-electron chi connectivity index (χ3n) is 1.99. The van der Waals surface area contributed by atoms with Crippen LogP contribution in [0.4, 0.5) is 19.1 Å². The lowest BCUT2D eigenvalue weighted by Crippen LogP contribution is -2.21. The number of aromatic nitrogens is 2. The van der Waals surface area contributed by atoms with Gasteiger partial charge in [0.1, 0.15) is 0 Å². The van der Waals surface area contributed by atoms with Gasteiger partial charge in [-0.25, -0.2) is 14.8 Å². The molecule has 0 aliphatic carbocycles. The third-order valence-corrected chi connectivity index (χ3v) is 1.99. The van der Waals surface area contributed by atoms with Crippen molar-refractivity contribution in [3.8, 4) is 11.3 Å². The van der Waals surface area contributed by atoms with Gasteiger partial charge in [0.15, 0.2) is 0 Å². The maximum atomic E-state index is 10.6. The van der Waals surface area contributed by atoms with E-state index in [1.807, 2.05) is 36.4 Å². The van der Waals surface area contributed by atoms with Crippen LogP contribution in [0.2, 0.25) is 0 Å². The fourth-order valence-corrected chi connectivity index (χ4v) is 1.14. The zero-order valence-electron chi connectivity index (χ0n) is 10.0. The number of nitrogen functional groups attached to an aromatic ring is 1. The summed E-state index contributed by atoms with van der Waals surface area (Å²) in [5.74, 6) is -2.45. The molecule has 0 fully saturated rings. The molecule has 0 aliphatic heterocycles. The van der Waals surface area contributed by atoms with E-state index < -0.39 is 12.1 Å². The van der Waals surface area contributed by atoms with Gasteiger partial charge in [-0.15, -0.1) is 0 Å². The highest BCUT2D eigenvalue weighted by atomic mass is 19.4. The molecule has 0 saturated heterocycles. The van der Waals surface area contributed by atoms with E-state index in [0.717, 1.165) is 11.3 Å². The van der Waals surface area contributed by atoms with Gasteiger partial charge >= 0.3 is 12.1 Å². The van der Waals surface area contributed by atoms with Crippen LogP contribution in [0, 0.1) is 0 Å². The monoisotopic (exact) mass is 285 g/mol. The van der Waals surface area contributed by atoms with Crippen molar-refractivity contribution in [1.82, 2.24) is 9.97 Å². The van der Waals surface area contributed by atoms with E-state index in [9.17, 15) is 13.2 Å². The van der Waals surface area contributed by atoms with Crippen LogP contribution in [0.15, 0.2) is 42.6 Å². The van der Waals surface area contributed by atoms with Crippen molar-refractivity contribution in [3.63, 3.8) is 0 Å². The van der Waals surface area contributed by atoms with Crippen LogP contribution in [0.1, 0.15) is 0 Å². The summed E-state index contributed by atoms with van der Waals surface area (Å²) < 4.78 is 31.7. The Hall–Kier alpha value is -2.64. The van der Waals surface area contributed by atoms with Crippen LogP contribution in [0.5, 0.6) is 0 Å². The van der Waals surface area contributed by atoms with Gasteiger partial charge in [-0.3, -0.25) is 0 Å². The van der Waals surface area contributed by atoms with E-state index in [0.29, 0.717) is 5.95 Å². The predicted molar refractivity (Wildman–Crippen MR) is 65.6 cm³/mol. The Morgan fingerprint density at radius 2 is 1.70 bits per heavy atom. The summed E-state index contributed by atoms with van der Waals surface area (Å²) in [6.07, 6.45) is -3.43. The first-order valence-electron chi connectivity index (χ1n) is 5.25. The molecule has 5 nitrogen and oxygen atoms in total. The predicted octanol–water partition coefficient (Wildman–Crippen LogP) is 2.36. The minimum absolute atomic E-state index is 0.307. The molecule has 0 saturated carbocycles. The van der Waals surface area contributed by atoms with Gasteiger partial charge in [-0.05, 0) is 6.07 Å². The number of anilines is 1. The first-order chi connectivity index (χ1) is 9.30. The third kappa shape index (κ3) is 4.92. The van der Waals surface area contributed by atoms with Gasteiger partial charge in [0, 0.05) is 11.8 Å². The fraction of sp³-hybridized carbons (Fsp3) is 0.0833. The Morgan fingerprint density at radius 1 is 1.15 bits per heavy atom. The molecular formula is C12H10F3N3O2. The lowest BCUT2D eigenvalue weighted by atomic mass is 10.1. The van der Waals surface area contributed by atoms with E-state index in [4.69, 9.17) is 15.6 Å². The van der Waals surface area contributed by atoms with Gasteiger partial charge in [-0.1, -0.05) is 30.3 Å². The molecule has 106 valence electrons. The zero-order valence-corrected chi connectivity index (χ0v) is 10.0. The van der Waals surface area contributed by atoms with E-state index >= 15 is 0 Å². The molecule has 20 heavy (non-hydrogen) atoms. The van der Waals surface area contributed by atoms with E-state index in [1.165, 1.54) is 0 Å². The summed E-state index contributed by atoms with van der Waals surface area (Å²) >= 11 is 0. The van der Waals surface area contributed by atoms with Crippen LogP contribution in [0.25, 0.3) is 11.3 Å². The number of halogens is 3. The van der Waals surface area contributed by atoms with E-state index in [2.05, 4.69) is 9.97 Å². The van der Waals surface area contributed by atoms with Gasteiger partial charge < -0.3 is 10.8 Å². The average Bonchev–Trinajstić information content (AvgIpc) is 2.39. The minimum Gasteiger partial charge on any atom is -0.475 e. The molecule has 0 amide bonds. The van der Waals surface area contributed by atoms with Crippen molar-refractivity contribution in [2.24, 2.45) is 0 Å². The van der Waals surface area contributed by atoms with Gasteiger partial charge in [0.25, 0.3) is 0 Å². The molecule has 1 aromatic carbocycles. The average molecular weight is 285 g/mol. The minimum atomic E-state index is -5.08. The number of hydrogen-bond donors (Lipinski definition) is 2. The normalized spacial score (nSPS) is 10.3. The highest BCUT2D eigenvalue weighted by Crippen LogP contribution is 2.15. The van der Waals surface area contributed by atoms with Crippen molar-refractivity contribution in [2.75, 3.05) is 5.73 Å². The number of benzene rings is 1. The highest BCUT2D eigenvalue weighted by molar-refractivity contribution is 5.73. The Bertz CT molecular complexity index is 574. The first kappa shape index (κ1) is 15.4. The molecule has 2 aromatic rings. The number of carbonyl (C=O) groups is 1. The van der Waals surface area contributed by atoms with Crippen LogP contribution < -0.4 is 5.73 Å². The molecule has 0 radical (unpaired) electrons. The number of nitrogens with zero attached hydrogens (tertiary/aromatic N) is 2. The maximum Gasteiger partial charge on any atom is 0.490 e. The summed E-state index contributed by atoms with van der Waals surface area (Å²) in [6.45, 7) is 0. The fourth-order valence-electron chi connectivity index (χ4n) is 1.14. The summed E-state index contributed by atoms with van der Waals surface area (Å²) in [5.41, 5.74) is 7.38. The molecule has 0 unspecified atom stereocenters. The quantitative estimate of drug-likeness (QED) is 0.839.